The maximum absolute atomic E-state index is 10.9. The monoisotopic (exact) mass is 290 g/mol. The molecule has 0 radical (unpaired) electrons. The molecule has 0 fully saturated rings. The summed E-state index contributed by atoms with van der Waals surface area (Å²) in [7, 11) is 0. The van der Waals surface area contributed by atoms with Crippen molar-refractivity contribution in [2.24, 2.45) is 5.92 Å². The molecule has 112 valence electrons. The second-order valence-corrected chi connectivity index (χ2v) is 4.95. The third-order valence-electron chi connectivity index (χ3n) is 3.30. The van der Waals surface area contributed by atoms with Crippen LogP contribution >= 0.6 is 0 Å². The Hall–Kier alpha value is -2.38. The number of tetrazole rings is 1. The first-order chi connectivity index (χ1) is 10.0. The van der Waals surface area contributed by atoms with Crippen LogP contribution in [0.25, 0.3) is 11.4 Å². The molecule has 0 saturated heterocycles. The molecular weight excluding hydrogens is 272 g/mol. The maximum Gasteiger partial charge on any atom is 0.306 e. The Kier molecular flexibility index (Phi) is 4.56. The fraction of sp³-hybridized carbons (Fsp3) is 0.538. The number of nitrogens with zero attached hydrogens (tertiary/aromatic N) is 6. The molecule has 2 rings (SSSR count). The van der Waals surface area contributed by atoms with Crippen molar-refractivity contribution >= 4 is 5.97 Å². The first kappa shape index (κ1) is 15.0. The normalized spacial score (nSPS) is 12.3. The molecule has 1 N–H and O–H groups in total. The van der Waals surface area contributed by atoms with E-state index in [0.29, 0.717) is 18.8 Å². The van der Waals surface area contributed by atoms with Crippen molar-refractivity contribution < 1.29 is 9.90 Å². The van der Waals surface area contributed by atoms with E-state index in [4.69, 9.17) is 5.11 Å². The van der Waals surface area contributed by atoms with Gasteiger partial charge in [0.1, 0.15) is 0 Å². The van der Waals surface area contributed by atoms with Gasteiger partial charge >= 0.3 is 5.97 Å². The van der Waals surface area contributed by atoms with E-state index >= 15 is 0 Å². The van der Waals surface area contributed by atoms with Crippen LogP contribution in [0.1, 0.15) is 31.7 Å². The van der Waals surface area contributed by atoms with Crippen molar-refractivity contribution in [1.82, 2.24) is 30.4 Å². The molecule has 21 heavy (non-hydrogen) atoms. The van der Waals surface area contributed by atoms with Crippen LogP contribution in [-0.2, 0) is 17.8 Å². The summed E-state index contributed by atoms with van der Waals surface area (Å²) >= 11 is 0. The smallest absolute Gasteiger partial charge is 0.306 e. The number of aliphatic carboxylic acids is 1. The van der Waals surface area contributed by atoms with Gasteiger partial charge in [0.25, 0.3) is 0 Å². The lowest BCUT2D eigenvalue weighted by atomic mass is 10.1. The molecule has 2 aromatic rings. The molecule has 0 bridgehead atoms. The lowest BCUT2D eigenvalue weighted by molar-refractivity contribution is -0.141. The minimum atomic E-state index is -0.819. The van der Waals surface area contributed by atoms with Gasteiger partial charge in [-0.2, -0.15) is 10.2 Å². The summed E-state index contributed by atoms with van der Waals surface area (Å²) < 4.78 is 1.62. The van der Waals surface area contributed by atoms with Crippen LogP contribution in [0.15, 0.2) is 6.07 Å². The number of aryl methyl sites for hydroxylation is 3. The maximum atomic E-state index is 10.9. The van der Waals surface area contributed by atoms with Crippen LogP contribution in [0.5, 0.6) is 0 Å². The second kappa shape index (κ2) is 6.38. The Morgan fingerprint density at radius 1 is 1.38 bits per heavy atom. The molecule has 0 aliphatic carbocycles. The van der Waals surface area contributed by atoms with Gasteiger partial charge in [0, 0.05) is 12.1 Å². The number of carbonyl (C=O) groups is 1. The quantitative estimate of drug-likeness (QED) is 0.849. The molecular formula is C13H18N6O2. The molecule has 8 heteroatoms. The van der Waals surface area contributed by atoms with Gasteiger partial charge in [-0.1, -0.05) is 13.8 Å². The van der Waals surface area contributed by atoms with Gasteiger partial charge in [-0.3, -0.25) is 4.79 Å². The molecule has 2 aromatic heterocycles. The molecule has 0 amide bonds. The lowest BCUT2D eigenvalue weighted by Gasteiger charge is -2.09. The van der Waals surface area contributed by atoms with Crippen molar-refractivity contribution in [3.63, 3.8) is 0 Å². The SMILES string of the molecule is CCc1nnc(C)cc1-c1nnnn1CCC(C)C(=O)O. The lowest BCUT2D eigenvalue weighted by Crippen LogP contribution is -2.14. The second-order valence-electron chi connectivity index (χ2n) is 4.95. The van der Waals surface area contributed by atoms with Gasteiger partial charge in [-0.25, -0.2) is 4.68 Å². The fourth-order valence-corrected chi connectivity index (χ4v) is 1.96. The van der Waals surface area contributed by atoms with E-state index in [1.54, 1.807) is 11.6 Å². The van der Waals surface area contributed by atoms with Crippen molar-refractivity contribution in [2.75, 3.05) is 0 Å². The van der Waals surface area contributed by atoms with Crippen LogP contribution in [0.2, 0.25) is 0 Å². The summed E-state index contributed by atoms with van der Waals surface area (Å²) in [6, 6.07) is 1.90. The highest BCUT2D eigenvalue weighted by atomic mass is 16.4. The Morgan fingerprint density at radius 2 is 2.14 bits per heavy atom. The number of hydrogen-bond acceptors (Lipinski definition) is 6. The molecule has 0 aliphatic rings. The fourth-order valence-electron chi connectivity index (χ4n) is 1.96. The average Bonchev–Trinajstić information content (AvgIpc) is 2.92. The van der Waals surface area contributed by atoms with Gasteiger partial charge < -0.3 is 5.11 Å². The number of hydrogen-bond donors (Lipinski definition) is 1. The van der Waals surface area contributed by atoms with E-state index in [0.717, 1.165) is 23.4 Å². The van der Waals surface area contributed by atoms with E-state index in [9.17, 15) is 4.79 Å². The molecule has 1 unspecified atom stereocenters. The highest BCUT2D eigenvalue weighted by molar-refractivity contribution is 5.69. The zero-order valence-electron chi connectivity index (χ0n) is 12.3. The molecule has 8 nitrogen and oxygen atoms in total. The van der Waals surface area contributed by atoms with E-state index in [1.165, 1.54) is 0 Å². The van der Waals surface area contributed by atoms with E-state index in [-0.39, 0.29) is 0 Å². The Labute approximate surface area is 122 Å². The predicted molar refractivity (Wildman–Crippen MR) is 74.4 cm³/mol. The van der Waals surface area contributed by atoms with Crippen LogP contribution in [0.3, 0.4) is 0 Å². The van der Waals surface area contributed by atoms with E-state index < -0.39 is 11.9 Å². The van der Waals surface area contributed by atoms with Crippen LogP contribution in [0, 0.1) is 12.8 Å². The van der Waals surface area contributed by atoms with Crippen molar-refractivity contribution in [3.05, 3.63) is 17.5 Å². The predicted octanol–water partition coefficient (Wildman–Crippen LogP) is 1.11. The highest BCUT2D eigenvalue weighted by Crippen LogP contribution is 2.21. The van der Waals surface area contributed by atoms with E-state index in [1.807, 2.05) is 19.9 Å². The van der Waals surface area contributed by atoms with Gasteiger partial charge in [-0.15, -0.1) is 5.10 Å². The minimum absolute atomic E-state index is 0.440. The minimum Gasteiger partial charge on any atom is -0.481 e. The van der Waals surface area contributed by atoms with Gasteiger partial charge in [-0.05, 0) is 36.3 Å². The summed E-state index contributed by atoms with van der Waals surface area (Å²) in [6.07, 6.45) is 1.19. The zero-order chi connectivity index (χ0) is 15.4. The summed E-state index contributed by atoms with van der Waals surface area (Å²) in [5.41, 5.74) is 2.46. The molecule has 0 aromatic carbocycles. The summed E-state index contributed by atoms with van der Waals surface area (Å²) in [6.45, 7) is 5.96. The van der Waals surface area contributed by atoms with Crippen molar-refractivity contribution in [2.45, 2.75) is 40.2 Å². The van der Waals surface area contributed by atoms with Crippen LogP contribution < -0.4 is 0 Å². The Bertz CT molecular complexity index is 639. The summed E-state index contributed by atoms with van der Waals surface area (Å²) in [4.78, 5) is 10.9. The van der Waals surface area contributed by atoms with Gasteiger partial charge in [0.2, 0.25) is 0 Å². The van der Waals surface area contributed by atoms with Crippen molar-refractivity contribution in [3.8, 4) is 11.4 Å². The average molecular weight is 290 g/mol. The van der Waals surface area contributed by atoms with Crippen molar-refractivity contribution in [1.29, 1.82) is 0 Å². The van der Waals surface area contributed by atoms with E-state index in [2.05, 4.69) is 25.7 Å². The summed E-state index contributed by atoms with van der Waals surface area (Å²) in [5.74, 6) is -0.660. The topological polar surface area (TPSA) is 107 Å². The zero-order valence-corrected chi connectivity index (χ0v) is 12.3. The molecule has 0 spiro atoms. The van der Waals surface area contributed by atoms with Crippen LogP contribution in [-0.4, -0.2) is 41.5 Å². The van der Waals surface area contributed by atoms with Crippen LogP contribution in [0.4, 0.5) is 0 Å². The third-order valence-corrected chi connectivity index (χ3v) is 3.30. The number of carboxylic acids is 1. The molecule has 1 atom stereocenters. The number of rotatable bonds is 6. The number of carboxylic acid groups (broad SMARTS) is 1. The molecule has 0 saturated carbocycles. The van der Waals surface area contributed by atoms with Gasteiger partial charge in [0.05, 0.1) is 17.3 Å². The Balaban J connectivity index is 2.28. The number of aromatic nitrogens is 6. The first-order valence-corrected chi connectivity index (χ1v) is 6.85. The van der Waals surface area contributed by atoms with Gasteiger partial charge in [0.15, 0.2) is 5.82 Å². The Morgan fingerprint density at radius 3 is 2.81 bits per heavy atom. The first-order valence-electron chi connectivity index (χ1n) is 6.85. The third kappa shape index (κ3) is 3.39. The highest BCUT2D eigenvalue weighted by Gasteiger charge is 2.17. The molecule has 0 aliphatic heterocycles. The standard InChI is InChI=1S/C13H18N6O2/c1-4-11-10(7-9(3)14-15-11)12-16-17-18-19(12)6-5-8(2)13(20)21/h7-8H,4-6H2,1-3H3,(H,20,21). The summed E-state index contributed by atoms with van der Waals surface area (Å²) in [5, 5.41) is 28.8. The molecule has 2 heterocycles. The largest absolute Gasteiger partial charge is 0.481 e.